The van der Waals surface area contributed by atoms with Crippen LogP contribution in [0.15, 0.2) is 0 Å². The molecule has 1 unspecified atom stereocenters. The zero-order valence-electron chi connectivity index (χ0n) is 11.7. The lowest BCUT2D eigenvalue weighted by atomic mass is 10.0. The summed E-state index contributed by atoms with van der Waals surface area (Å²) < 4.78 is 0. The molecule has 1 radical (unpaired) electrons. The van der Waals surface area contributed by atoms with Crippen LogP contribution in [0.5, 0.6) is 0 Å². The maximum atomic E-state index is 9.50. The predicted octanol–water partition coefficient (Wildman–Crippen LogP) is 3.17. The van der Waals surface area contributed by atoms with E-state index in [1.54, 1.807) is 0 Å². The van der Waals surface area contributed by atoms with Gasteiger partial charge in [-0.15, -0.1) is 12.4 Å². The Hall–Kier alpha value is 0.170. The number of aliphatic hydroxyl groups is 2. The number of halogens is 1. The van der Waals surface area contributed by atoms with E-state index in [4.69, 9.17) is 10.8 Å². The highest BCUT2D eigenvalue weighted by atomic mass is 35.5. The molecule has 0 saturated heterocycles. The van der Waals surface area contributed by atoms with Gasteiger partial charge in [-0.2, -0.15) is 0 Å². The molecule has 0 bridgehead atoms. The third-order valence-electron chi connectivity index (χ3n) is 3.19. The fourth-order valence-corrected chi connectivity index (χ4v) is 1.94. The van der Waals surface area contributed by atoms with Gasteiger partial charge >= 0.3 is 0 Å². The largest absolute Gasteiger partial charge is 0.394 e. The second kappa shape index (κ2) is 15.2. The van der Waals surface area contributed by atoms with E-state index in [2.05, 4.69) is 6.92 Å². The Balaban J connectivity index is 0. The second-order valence-electron chi connectivity index (χ2n) is 4.87. The van der Waals surface area contributed by atoms with Crippen molar-refractivity contribution in [3.63, 3.8) is 0 Å². The highest BCUT2D eigenvalue weighted by Crippen LogP contribution is 2.13. The average Bonchev–Trinajstić information content (AvgIpc) is 2.35. The third kappa shape index (κ3) is 12.6. The Kier molecular flexibility index (Phi) is 17.3. The first-order valence-corrected chi connectivity index (χ1v) is 7.12. The minimum atomic E-state index is -0.621. The number of aliphatic hydroxyl groups excluding tert-OH is 2. The first kappa shape index (κ1) is 20.5. The van der Waals surface area contributed by atoms with Gasteiger partial charge in [0, 0.05) is 0 Å². The van der Waals surface area contributed by atoms with E-state index in [0.717, 1.165) is 12.8 Å². The maximum absolute atomic E-state index is 9.50. The minimum Gasteiger partial charge on any atom is -0.394 e. The van der Waals surface area contributed by atoms with Crippen LogP contribution in [-0.2, 0) is 0 Å². The van der Waals surface area contributed by atoms with Crippen molar-refractivity contribution in [1.29, 1.82) is 0 Å². The van der Waals surface area contributed by atoms with E-state index in [1.165, 1.54) is 44.9 Å². The Bertz CT molecular complexity index is 159. The Morgan fingerprint density at radius 2 is 1.39 bits per heavy atom. The summed E-state index contributed by atoms with van der Waals surface area (Å²) in [6, 6.07) is 0.296. The molecule has 111 valence electrons. The van der Waals surface area contributed by atoms with Crippen molar-refractivity contribution in [3.05, 3.63) is 6.04 Å². The molecule has 0 aromatic rings. The Labute approximate surface area is 119 Å². The predicted molar refractivity (Wildman–Crippen MR) is 79.6 cm³/mol. The van der Waals surface area contributed by atoms with Gasteiger partial charge in [-0.25, -0.2) is 0 Å². The molecule has 0 amide bonds. The number of hydrogen-bond donors (Lipinski definition) is 3. The zero-order valence-corrected chi connectivity index (χ0v) is 12.6. The molecule has 0 saturated carbocycles. The van der Waals surface area contributed by atoms with Gasteiger partial charge in [0.25, 0.3) is 0 Å². The average molecular weight is 281 g/mol. The molecule has 0 aromatic heterocycles. The number of unbranched alkanes of at least 4 members (excludes halogenated alkanes) is 8. The van der Waals surface area contributed by atoms with Gasteiger partial charge in [-0.05, 0) is 6.42 Å². The van der Waals surface area contributed by atoms with Crippen molar-refractivity contribution in [2.45, 2.75) is 77.2 Å². The van der Waals surface area contributed by atoms with Gasteiger partial charge in [0.05, 0.1) is 18.8 Å². The van der Waals surface area contributed by atoms with Crippen LogP contribution in [0.1, 0.15) is 71.1 Å². The van der Waals surface area contributed by atoms with Gasteiger partial charge < -0.3 is 15.9 Å². The molecule has 0 aliphatic heterocycles. The summed E-state index contributed by atoms with van der Waals surface area (Å²) in [4.78, 5) is 0. The van der Waals surface area contributed by atoms with Crippen LogP contribution in [0.3, 0.4) is 0 Å². The van der Waals surface area contributed by atoms with Crippen molar-refractivity contribution in [3.8, 4) is 0 Å². The highest BCUT2D eigenvalue weighted by Gasteiger charge is 2.13. The van der Waals surface area contributed by atoms with E-state index in [0.29, 0.717) is 12.5 Å². The molecule has 0 heterocycles. The summed E-state index contributed by atoms with van der Waals surface area (Å²) in [5.74, 6) is 0. The van der Waals surface area contributed by atoms with Crippen molar-refractivity contribution < 1.29 is 10.2 Å². The number of rotatable bonds is 12. The summed E-state index contributed by atoms with van der Waals surface area (Å²) in [5.41, 5.74) is 5.44. The molecule has 4 N–H and O–H groups in total. The lowest BCUT2D eigenvalue weighted by molar-refractivity contribution is 0.143. The monoisotopic (exact) mass is 280 g/mol. The van der Waals surface area contributed by atoms with Crippen LogP contribution in [0, 0.1) is 6.04 Å². The minimum absolute atomic E-state index is 0. The molecule has 0 aliphatic rings. The lowest BCUT2D eigenvalue weighted by Crippen LogP contribution is -2.29. The summed E-state index contributed by atoms with van der Waals surface area (Å²) in [6.07, 6.45) is 11.5. The topological polar surface area (TPSA) is 66.5 Å². The van der Waals surface area contributed by atoms with Crippen LogP contribution in [-0.4, -0.2) is 22.9 Å². The summed E-state index contributed by atoms with van der Waals surface area (Å²) in [5, 5.41) is 18.2. The normalized spacial score (nSPS) is 12.5. The summed E-state index contributed by atoms with van der Waals surface area (Å²) >= 11 is 0. The van der Waals surface area contributed by atoms with Gasteiger partial charge in [0.2, 0.25) is 0 Å². The van der Waals surface area contributed by atoms with Crippen molar-refractivity contribution >= 4 is 12.4 Å². The maximum Gasteiger partial charge on any atom is 0.0881 e. The standard InChI is InChI=1S/C14H30NO2.ClH/c1-2-3-4-5-6-7-8-9-10-11-14(17)13(15)12-16;/h14,16-17H,2-12,15H2,1H3;1H. The molecule has 0 rings (SSSR count). The fourth-order valence-electron chi connectivity index (χ4n) is 1.94. The van der Waals surface area contributed by atoms with E-state index < -0.39 is 6.10 Å². The number of hydrogen-bond acceptors (Lipinski definition) is 3. The van der Waals surface area contributed by atoms with Gasteiger partial charge in [0.15, 0.2) is 0 Å². The van der Waals surface area contributed by atoms with Crippen molar-refractivity contribution in [2.24, 2.45) is 5.73 Å². The molecular weight excluding hydrogens is 250 g/mol. The molecular formula is C14H31ClNO2. The third-order valence-corrected chi connectivity index (χ3v) is 3.19. The molecule has 4 heteroatoms. The molecule has 3 nitrogen and oxygen atoms in total. The van der Waals surface area contributed by atoms with Gasteiger partial charge in [-0.3, -0.25) is 0 Å². The van der Waals surface area contributed by atoms with Gasteiger partial charge in [0.1, 0.15) is 0 Å². The zero-order chi connectivity index (χ0) is 12.9. The lowest BCUT2D eigenvalue weighted by Gasteiger charge is -2.14. The Morgan fingerprint density at radius 1 is 0.944 bits per heavy atom. The van der Waals surface area contributed by atoms with Crippen molar-refractivity contribution in [2.75, 3.05) is 6.61 Å². The quantitative estimate of drug-likeness (QED) is 0.481. The molecule has 0 spiro atoms. The summed E-state index contributed by atoms with van der Waals surface area (Å²) in [7, 11) is 0. The van der Waals surface area contributed by atoms with E-state index >= 15 is 0 Å². The van der Waals surface area contributed by atoms with Crippen LogP contribution >= 0.6 is 12.4 Å². The first-order chi connectivity index (χ1) is 8.22. The van der Waals surface area contributed by atoms with Crippen LogP contribution < -0.4 is 5.73 Å². The van der Waals surface area contributed by atoms with Crippen molar-refractivity contribution in [1.82, 2.24) is 0 Å². The smallest absolute Gasteiger partial charge is 0.0881 e. The molecule has 0 aromatic carbocycles. The van der Waals surface area contributed by atoms with Crippen LogP contribution in [0.25, 0.3) is 0 Å². The molecule has 18 heavy (non-hydrogen) atoms. The second-order valence-corrected chi connectivity index (χ2v) is 4.87. The SMILES string of the molecule is CCCCCCCCCCCC(O)[C](N)CO.Cl. The van der Waals surface area contributed by atoms with Crippen LogP contribution in [0.2, 0.25) is 0 Å². The van der Waals surface area contributed by atoms with E-state index in [1.807, 2.05) is 0 Å². The molecule has 0 fully saturated rings. The van der Waals surface area contributed by atoms with E-state index in [9.17, 15) is 5.11 Å². The molecule has 1 atom stereocenters. The Morgan fingerprint density at radius 3 is 1.83 bits per heavy atom. The molecule has 0 aliphatic carbocycles. The first-order valence-electron chi connectivity index (χ1n) is 7.12. The fraction of sp³-hybridized carbons (Fsp3) is 0.929. The number of nitrogens with two attached hydrogens (primary N) is 1. The highest BCUT2D eigenvalue weighted by molar-refractivity contribution is 5.85. The summed E-state index contributed by atoms with van der Waals surface area (Å²) in [6.45, 7) is 2.03. The van der Waals surface area contributed by atoms with Crippen LogP contribution in [0.4, 0.5) is 0 Å². The van der Waals surface area contributed by atoms with E-state index in [-0.39, 0.29) is 19.0 Å². The van der Waals surface area contributed by atoms with Gasteiger partial charge in [-0.1, -0.05) is 64.7 Å².